The van der Waals surface area contributed by atoms with E-state index in [2.05, 4.69) is 48.5 Å². The summed E-state index contributed by atoms with van der Waals surface area (Å²) in [5, 5.41) is 4.45. The van der Waals surface area contributed by atoms with Gasteiger partial charge in [-0.2, -0.15) is 0 Å². The molecule has 0 saturated carbocycles. The first-order valence-corrected chi connectivity index (χ1v) is 19.6. The summed E-state index contributed by atoms with van der Waals surface area (Å²) in [5.41, 5.74) is 3.83. The molecule has 8 rings (SSSR count). The summed E-state index contributed by atoms with van der Waals surface area (Å²) in [6.45, 7) is 2.55. The fraction of sp³-hybridized carbons (Fsp3) is 0.350. The zero-order chi connectivity index (χ0) is 32.1. The summed E-state index contributed by atoms with van der Waals surface area (Å²) >= 11 is 0. The van der Waals surface area contributed by atoms with Gasteiger partial charge in [0.2, 0.25) is 0 Å². The van der Waals surface area contributed by atoms with Crippen LogP contribution in [-0.4, -0.2) is 24.7 Å². The second kappa shape index (κ2) is 14.7. The first-order valence-electron chi connectivity index (χ1n) is 17.1. The molecule has 0 saturated heterocycles. The van der Waals surface area contributed by atoms with Gasteiger partial charge in [-0.15, -0.1) is 0 Å². The second-order valence-electron chi connectivity index (χ2n) is 12.5. The molecule has 0 fully saturated rings. The Morgan fingerprint density at radius 1 is 0.375 bits per heavy atom. The summed E-state index contributed by atoms with van der Waals surface area (Å²) in [6.07, 6.45) is 6.58. The number of ether oxygens (including phenoxy) is 6. The molecule has 3 heterocycles. The Labute approximate surface area is 289 Å². The highest BCUT2D eigenvalue weighted by atomic mass is 33.1. The van der Waals surface area contributed by atoms with Crippen molar-refractivity contribution < 1.29 is 28.4 Å². The molecule has 5 aromatic carbocycles. The van der Waals surface area contributed by atoms with E-state index in [4.69, 9.17) is 28.4 Å². The summed E-state index contributed by atoms with van der Waals surface area (Å²) in [5.74, 6) is 6.86. The van der Waals surface area contributed by atoms with E-state index in [1.807, 2.05) is 45.9 Å². The molecule has 0 aliphatic carbocycles. The molecule has 48 heavy (non-hydrogen) atoms. The van der Waals surface area contributed by atoms with Crippen LogP contribution in [0.4, 0.5) is 0 Å². The lowest BCUT2D eigenvalue weighted by Gasteiger charge is -2.30. The SMILES string of the molecule is c1ccc2cc3c(cc2c1)OCc1c(c2c4c(c1OCCCCCSSCCCCCO2)COc1cc2ccccc2cc1OC4)CO3. The summed E-state index contributed by atoms with van der Waals surface area (Å²) in [4.78, 5) is 0. The zero-order valence-electron chi connectivity index (χ0n) is 27.1. The van der Waals surface area contributed by atoms with Crippen molar-refractivity contribution in [3.8, 4) is 34.5 Å². The van der Waals surface area contributed by atoms with Crippen molar-refractivity contribution in [1.29, 1.82) is 0 Å². The van der Waals surface area contributed by atoms with Crippen LogP contribution >= 0.6 is 21.6 Å². The van der Waals surface area contributed by atoms with Crippen LogP contribution in [0.15, 0.2) is 72.8 Å². The highest BCUT2D eigenvalue weighted by Gasteiger charge is 2.31. The molecule has 0 N–H and O–H groups in total. The maximum absolute atomic E-state index is 6.77. The lowest BCUT2D eigenvalue weighted by molar-refractivity contribution is 0.202. The van der Waals surface area contributed by atoms with Crippen molar-refractivity contribution in [2.75, 3.05) is 24.7 Å². The number of fused-ring (bicyclic) bond motifs is 7. The summed E-state index contributed by atoms with van der Waals surface area (Å²) in [7, 11) is 3.99. The van der Waals surface area contributed by atoms with Crippen LogP contribution < -0.4 is 28.4 Å². The lowest BCUT2D eigenvalue weighted by Crippen LogP contribution is -2.20. The molecule has 0 spiro atoms. The Morgan fingerprint density at radius 2 is 0.708 bits per heavy atom. The van der Waals surface area contributed by atoms with Gasteiger partial charge in [0, 0.05) is 33.8 Å². The van der Waals surface area contributed by atoms with E-state index in [0.29, 0.717) is 39.6 Å². The molecule has 2 bridgehead atoms. The van der Waals surface area contributed by atoms with E-state index in [9.17, 15) is 0 Å². The zero-order valence-corrected chi connectivity index (χ0v) is 28.7. The van der Waals surface area contributed by atoms with Gasteiger partial charge in [-0.05, 0) is 84.3 Å². The van der Waals surface area contributed by atoms with Crippen LogP contribution in [0.1, 0.15) is 60.8 Å². The number of hydrogen-bond donors (Lipinski definition) is 0. The Balaban J connectivity index is 1.21. The van der Waals surface area contributed by atoms with Crippen molar-refractivity contribution in [3.63, 3.8) is 0 Å². The smallest absolute Gasteiger partial charge is 0.162 e. The van der Waals surface area contributed by atoms with Crippen molar-refractivity contribution in [2.45, 2.75) is 65.0 Å². The van der Waals surface area contributed by atoms with Crippen molar-refractivity contribution in [1.82, 2.24) is 0 Å². The molecular weight excluding hydrogens is 641 g/mol. The van der Waals surface area contributed by atoms with E-state index < -0.39 is 0 Å². The van der Waals surface area contributed by atoms with Gasteiger partial charge in [0.25, 0.3) is 0 Å². The van der Waals surface area contributed by atoms with Gasteiger partial charge >= 0.3 is 0 Å². The fourth-order valence-corrected chi connectivity index (χ4v) is 8.96. The maximum atomic E-state index is 6.77. The first-order chi connectivity index (χ1) is 23.8. The van der Waals surface area contributed by atoms with Crippen LogP contribution in [-0.2, 0) is 26.4 Å². The maximum Gasteiger partial charge on any atom is 0.162 e. The standard InChI is InChI=1S/C40H40O6S2/c1-7-15-41-39-31-23-43-35-19-27-11-3-5-13-29(27)21-37(35)45-25-33(31)40(42-16-8-2-10-18-48-47-17-9-1)34-26-46-38-22-30-14-6-4-12-28(30)20-36(38)44-24-32(34)39/h3-6,11-14,19-22H,1-2,7-10,15-18,23-26H2. The molecule has 0 atom stereocenters. The molecule has 6 nitrogen and oxygen atoms in total. The molecule has 0 amide bonds. The van der Waals surface area contributed by atoms with E-state index in [0.717, 1.165) is 104 Å². The average molecular weight is 681 g/mol. The van der Waals surface area contributed by atoms with Gasteiger partial charge < -0.3 is 28.4 Å². The fourth-order valence-electron chi connectivity index (χ4n) is 6.67. The summed E-state index contributed by atoms with van der Waals surface area (Å²) < 4.78 is 39.9. The van der Waals surface area contributed by atoms with E-state index in [1.54, 1.807) is 0 Å². The average Bonchev–Trinajstić information content (AvgIpc) is 3.09. The largest absolute Gasteiger partial charge is 0.493 e. The minimum absolute atomic E-state index is 0.332. The molecule has 248 valence electrons. The third kappa shape index (κ3) is 6.70. The van der Waals surface area contributed by atoms with Gasteiger partial charge in [-0.1, -0.05) is 70.1 Å². The number of benzene rings is 5. The van der Waals surface area contributed by atoms with Crippen LogP contribution in [0, 0.1) is 0 Å². The highest BCUT2D eigenvalue weighted by Crippen LogP contribution is 2.46. The number of rotatable bonds is 0. The molecule has 8 heteroatoms. The van der Waals surface area contributed by atoms with Gasteiger partial charge in [-0.25, -0.2) is 0 Å². The predicted molar refractivity (Wildman–Crippen MR) is 195 cm³/mol. The third-order valence-electron chi connectivity index (χ3n) is 9.26. The Bertz CT molecular complexity index is 1670. The van der Waals surface area contributed by atoms with Crippen LogP contribution in [0.2, 0.25) is 0 Å². The van der Waals surface area contributed by atoms with Gasteiger partial charge in [-0.3, -0.25) is 0 Å². The predicted octanol–water partition coefficient (Wildman–Crippen LogP) is 10.4. The van der Waals surface area contributed by atoms with E-state index in [-0.39, 0.29) is 0 Å². The van der Waals surface area contributed by atoms with E-state index in [1.165, 1.54) is 24.3 Å². The molecule has 3 aliphatic rings. The Hall–Kier alpha value is -3.88. The summed E-state index contributed by atoms with van der Waals surface area (Å²) in [6, 6.07) is 24.9. The molecule has 0 aromatic heterocycles. The second-order valence-corrected chi connectivity index (χ2v) is 15.2. The molecule has 5 aromatic rings. The quantitative estimate of drug-likeness (QED) is 0.150. The molecule has 3 aliphatic heterocycles. The molecule has 0 radical (unpaired) electrons. The monoisotopic (exact) mass is 680 g/mol. The third-order valence-corrected chi connectivity index (χ3v) is 11.8. The topological polar surface area (TPSA) is 55.4 Å². The highest BCUT2D eigenvalue weighted by molar-refractivity contribution is 8.76. The molecular formula is C40H40O6S2. The van der Waals surface area contributed by atoms with Crippen molar-refractivity contribution in [3.05, 3.63) is 95.1 Å². The van der Waals surface area contributed by atoms with Crippen molar-refractivity contribution in [2.24, 2.45) is 0 Å². The van der Waals surface area contributed by atoms with Gasteiger partial charge in [0.15, 0.2) is 23.0 Å². The van der Waals surface area contributed by atoms with Crippen LogP contribution in [0.25, 0.3) is 21.5 Å². The van der Waals surface area contributed by atoms with Gasteiger partial charge in [0.05, 0.1) is 13.2 Å². The Kier molecular flexibility index (Phi) is 9.62. The minimum atomic E-state index is 0.332. The normalized spacial score (nSPS) is 17.2. The lowest BCUT2D eigenvalue weighted by atomic mass is 9.95. The molecule has 0 unspecified atom stereocenters. The van der Waals surface area contributed by atoms with E-state index >= 15 is 0 Å². The van der Waals surface area contributed by atoms with Crippen LogP contribution in [0.3, 0.4) is 0 Å². The van der Waals surface area contributed by atoms with Crippen LogP contribution in [0.5, 0.6) is 34.5 Å². The number of hydrogen-bond acceptors (Lipinski definition) is 8. The van der Waals surface area contributed by atoms with Crippen molar-refractivity contribution >= 4 is 43.1 Å². The van der Waals surface area contributed by atoms with Gasteiger partial charge in [0.1, 0.15) is 37.9 Å². The Morgan fingerprint density at radius 3 is 1.04 bits per heavy atom. The first kappa shape index (κ1) is 31.4. The minimum Gasteiger partial charge on any atom is -0.493 e.